The van der Waals surface area contributed by atoms with Crippen molar-refractivity contribution in [2.45, 2.75) is 65.6 Å². The van der Waals surface area contributed by atoms with Crippen molar-refractivity contribution in [3.8, 4) is 0 Å². The van der Waals surface area contributed by atoms with Crippen LogP contribution in [0.2, 0.25) is 0 Å². The number of carboxylic acid groups (broad SMARTS) is 1. The smallest absolute Gasteiger partial charge is 0.326 e. The van der Waals surface area contributed by atoms with Gasteiger partial charge in [0.25, 0.3) is 0 Å². The van der Waals surface area contributed by atoms with Crippen molar-refractivity contribution in [3.05, 3.63) is 35.9 Å². The van der Waals surface area contributed by atoms with Crippen molar-refractivity contribution in [1.82, 2.24) is 15.5 Å². The number of carbonyl (C=O) groups is 4. The van der Waals surface area contributed by atoms with Gasteiger partial charge in [0.2, 0.25) is 17.7 Å². The summed E-state index contributed by atoms with van der Waals surface area (Å²) < 4.78 is 0. The SMILES string of the molecule is CC(=O)NC(C(=O)N(C)[C@@H](Cc1ccccc1)C(=O)N[C@@H](CC(C)C)C(=O)O)C(C)C. The van der Waals surface area contributed by atoms with Crippen molar-refractivity contribution in [2.24, 2.45) is 11.8 Å². The molecule has 3 amide bonds. The van der Waals surface area contributed by atoms with Crippen molar-refractivity contribution in [3.63, 3.8) is 0 Å². The summed E-state index contributed by atoms with van der Waals surface area (Å²) in [6.07, 6.45) is 0.491. The average molecular weight is 434 g/mol. The van der Waals surface area contributed by atoms with Crippen LogP contribution in [0, 0.1) is 11.8 Å². The molecule has 0 aliphatic carbocycles. The van der Waals surface area contributed by atoms with Gasteiger partial charge in [-0.1, -0.05) is 58.0 Å². The number of carbonyl (C=O) groups excluding carboxylic acids is 3. The lowest BCUT2D eigenvalue weighted by Crippen LogP contribution is -2.58. The van der Waals surface area contributed by atoms with Crippen LogP contribution in [0.5, 0.6) is 0 Å². The lowest BCUT2D eigenvalue weighted by Gasteiger charge is -2.33. The third kappa shape index (κ3) is 8.39. The molecule has 0 spiro atoms. The number of benzene rings is 1. The number of aliphatic carboxylic acids is 1. The van der Waals surface area contributed by atoms with Crippen molar-refractivity contribution in [2.75, 3.05) is 7.05 Å². The molecule has 1 aromatic rings. The Kier molecular flexibility index (Phi) is 10.2. The summed E-state index contributed by atoms with van der Waals surface area (Å²) >= 11 is 0. The van der Waals surface area contributed by atoms with Crippen LogP contribution in [-0.2, 0) is 25.6 Å². The van der Waals surface area contributed by atoms with E-state index in [0.717, 1.165) is 5.56 Å². The number of hydrogen-bond acceptors (Lipinski definition) is 4. The van der Waals surface area contributed by atoms with Gasteiger partial charge in [-0.15, -0.1) is 0 Å². The fourth-order valence-electron chi connectivity index (χ4n) is 3.31. The largest absolute Gasteiger partial charge is 0.480 e. The van der Waals surface area contributed by atoms with E-state index in [1.165, 1.54) is 18.9 Å². The van der Waals surface area contributed by atoms with Crippen molar-refractivity contribution in [1.29, 1.82) is 0 Å². The summed E-state index contributed by atoms with van der Waals surface area (Å²) in [7, 11) is 1.50. The molecule has 8 nitrogen and oxygen atoms in total. The number of nitrogens with zero attached hydrogens (tertiary/aromatic N) is 1. The zero-order valence-corrected chi connectivity index (χ0v) is 19.2. The third-order valence-corrected chi connectivity index (χ3v) is 5.00. The number of carboxylic acids is 1. The minimum atomic E-state index is -1.12. The molecule has 1 aromatic carbocycles. The van der Waals surface area contributed by atoms with E-state index in [2.05, 4.69) is 10.6 Å². The number of nitrogens with one attached hydrogen (secondary N) is 2. The molecule has 0 aromatic heterocycles. The van der Waals surface area contributed by atoms with Crippen molar-refractivity contribution >= 4 is 23.7 Å². The molecular formula is C23H35N3O5. The molecule has 0 aliphatic rings. The van der Waals surface area contributed by atoms with Crippen LogP contribution in [-0.4, -0.2) is 58.9 Å². The van der Waals surface area contributed by atoms with Gasteiger partial charge in [-0.05, 0) is 23.8 Å². The molecule has 3 atom stereocenters. The van der Waals surface area contributed by atoms with Gasteiger partial charge in [0.15, 0.2) is 0 Å². The molecule has 1 unspecified atom stereocenters. The van der Waals surface area contributed by atoms with E-state index in [9.17, 15) is 24.3 Å². The highest BCUT2D eigenvalue weighted by atomic mass is 16.4. The topological polar surface area (TPSA) is 116 Å². The van der Waals surface area contributed by atoms with Crippen LogP contribution >= 0.6 is 0 Å². The lowest BCUT2D eigenvalue weighted by atomic mass is 9.98. The van der Waals surface area contributed by atoms with Gasteiger partial charge in [-0.25, -0.2) is 4.79 Å². The number of likely N-dealkylation sites (N-methyl/N-ethyl adjacent to an activating group) is 1. The number of hydrogen-bond donors (Lipinski definition) is 3. The maximum absolute atomic E-state index is 13.2. The first-order valence-electron chi connectivity index (χ1n) is 10.5. The summed E-state index contributed by atoms with van der Waals surface area (Å²) in [6, 6.07) is 6.42. The second kappa shape index (κ2) is 12.1. The number of rotatable bonds is 11. The highest BCUT2D eigenvalue weighted by Crippen LogP contribution is 2.14. The maximum Gasteiger partial charge on any atom is 0.326 e. The van der Waals surface area contributed by atoms with E-state index in [1.54, 1.807) is 0 Å². The first-order valence-corrected chi connectivity index (χ1v) is 10.5. The molecule has 31 heavy (non-hydrogen) atoms. The molecule has 172 valence electrons. The van der Waals surface area contributed by atoms with E-state index < -0.39 is 35.9 Å². The summed E-state index contributed by atoms with van der Waals surface area (Å²) in [5.41, 5.74) is 0.832. The van der Waals surface area contributed by atoms with Gasteiger partial charge < -0.3 is 20.6 Å². The average Bonchev–Trinajstić information content (AvgIpc) is 2.68. The first-order chi connectivity index (χ1) is 14.4. The Morgan fingerprint density at radius 1 is 1.00 bits per heavy atom. The monoisotopic (exact) mass is 433 g/mol. The Morgan fingerprint density at radius 2 is 1.58 bits per heavy atom. The standard InChI is InChI=1S/C23H35N3O5/c1-14(2)12-18(23(30)31)25-21(28)19(13-17-10-8-7-9-11-17)26(6)22(29)20(15(3)4)24-16(5)27/h7-11,14-15,18-20H,12-13H2,1-6H3,(H,24,27)(H,25,28)(H,30,31)/t18-,19-,20?/m0/s1. The molecule has 0 heterocycles. The predicted octanol–water partition coefficient (Wildman–Crippen LogP) is 1.83. The quantitative estimate of drug-likeness (QED) is 0.492. The molecule has 3 N–H and O–H groups in total. The minimum absolute atomic E-state index is 0.0680. The van der Waals surface area contributed by atoms with E-state index in [1.807, 2.05) is 58.0 Å². The zero-order valence-electron chi connectivity index (χ0n) is 19.2. The lowest BCUT2D eigenvalue weighted by molar-refractivity contribution is -0.145. The Balaban J connectivity index is 3.19. The van der Waals surface area contributed by atoms with Crippen molar-refractivity contribution < 1.29 is 24.3 Å². The van der Waals surface area contributed by atoms with E-state index >= 15 is 0 Å². The molecule has 0 saturated heterocycles. The van der Waals surface area contributed by atoms with Crippen LogP contribution in [0.1, 0.15) is 46.6 Å². The van der Waals surface area contributed by atoms with Gasteiger partial charge in [0.05, 0.1) is 0 Å². The van der Waals surface area contributed by atoms with Crippen LogP contribution in [0.15, 0.2) is 30.3 Å². The molecular weight excluding hydrogens is 398 g/mol. The summed E-state index contributed by atoms with van der Waals surface area (Å²) in [4.78, 5) is 50.8. The third-order valence-electron chi connectivity index (χ3n) is 5.00. The van der Waals surface area contributed by atoms with Crippen LogP contribution in [0.25, 0.3) is 0 Å². The van der Waals surface area contributed by atoms with Gasteiger partial charge in [-0.3, -0.25) is 14.4 Å². The first kappa shape index (κ1) is 26.1. The second-order valence-corrected chi connectivity index (χ2v) is 8.61. The molecule has 8 heteroatoms. The fraction of sp³-hybridized carbons (Fsp3) is 0.565. The Hall–Kier alpha value is -2.90. The molecule has 0 radical (unpaired) electrons. The zero-order chi connectivity index (χ0) is 23.7. The predicted molar refractivity (Wildman–Crippen MR) is 118 cm³/mol. The van der Waals surface area contributed by atoms with Gasteiger partial charge in [0.1, 0.15) is 18.1 Å². The fourth-order valence-corrected chi connectivity index (χ4v) is 3.31. The highest BCUT2D eigenvalue weighted by molar-refractivity contribution is 5.93. The highest BCUT2D eigenvalue weighted by Gasteiger charge is 2.35. The normalized spacial score (nSPS) is 13.9. The van der Waals surface area contributed by atoms with E-state index in [0.29, 0.717) is 0 Å². The van der Waals surface area contributed by atoms with Gasteiger partial charge in [-0.2, -0.15) is 0 Å². The Bertz CT molecular complexity index is 764. The molecule has 0 aliphatic heterocycles. The number of amides is 3. The maximum atomic E-state index is 13.2. The van der Waals surface area contributed by atoms with Crippen LogP contribution in [0.4, 0.5) is 0 Å². The molecule has 0 saturated carbocycles. The van der Waals surface area contributed by atoms with Gasteiger partial charge >= 0.3 is 5.97 Å². The molecule has 1 rings (SSSR count). The minimum Gasteiger partial charge on any atom is -0.480 e. The summed E-state index contributed by atoms with van der Waals surface area (Å²) in [6.45, 7) is 8.70. The van der Waals surface area contributed by atoms with Gasteiger partial charge in [0, 0.05) is 20.4 Å². The van der Waals surface area contributed by atoms with E-state index in [4.69, 9.17) is 0 Å². The van der Waals surface area contributed by atoms with E-state index in [-0.39, 0.29) is 30.6 Å². The summed E-state index contributed by atoms with van der Waals surface area (Å²) in [5.74, 6) is -2.53. The van der Waals surface area contributed by atoms with Crippen LogP contribution < -0.4 is 10.6 Å². The van der Waals surface area contributed by atoms with Crippen LogP contribution in [0.3, 0.4) is 0 Å². The summed E-state index contributed by atoms with van der Waals surface area (Å²) in [5, 5.41) is 14.7. The molecule has 0 bridgehead atoms. The Morgan fingerprint density at radius 3 is 2.03 bits per heavy atom. The molecule has 0 fully saturated rings. The second-order valence-electron chi connectivity index (χ2n) is 8.61. The Labute approximate surface area is 184 Å².